The van der Waals surface area contributed by atoms with Crippen LogP contribution in [0.25, 0.3) is 10.8 Å². The molecule has 2 bridgehead atoms. The number of allylic oxidation sites excluding steroid dienone is 2. The summed E-state index contributed by atoms with van der Waals surface area (Å²) < 4.78 is 11.0. The standard InChI is InChI=1S/C50H58N4O8/c1-51-28-33-21-31(32-24-43(59)49(60)45(25-32)62-3)23-42(58)48(41(57)15-9-29-8-14-40(56)44(20-29)61-2)50(17-4-6-34(50)26-36-7-5-18-52-36)35-16-19-53-46(27-35)54-39-13-10-30-22-37(55)11-12-38(30)47(33)39/h5,7-8,10-14,16,18,20,22,24-25,27,31,33-34,41,48,51-57,59-60H,4,6,9,15,17,19,21,23,26,28H2,1-3H3/t31-,33-,34-,41+,48-,50-/m0/s1. The van der Waals surface area contributed by atoms with E-state index in [1.165, 1.54) is 20.3 Å². The summed E-state index contributed by atoms with van der Waals surface area (Å²) in [6, 6.07) is 21.9. The van der Waals surface area contributed by atoms with E-state index in [0.29, 0.717) is 50.1 Å². The fourth-order valence-corrected chi connectivity index (χ4v) is 10.9. The predicted molar refractivity (Wildman–Crippen MR) is 240 cm³/mol. The van der Waals surface area contributed by atoms with Crippen LogP contribution in [0.2, 0.25) is 0 Å². The highest BCUT2D eigenvalue weighted by Crippen LogP contribution is 2.58. The van der Waals surface area contributed by atoms with Crippen molar-refractivity contribution in [2.24, 2.45) is 17.3 Å². The normalized spacial score (nSPS) is 23.2. The maximum atomic E-state index is 15.9. The van der Waals surface area contributed by atoms with Gasteiger partial charge in [0.15, 0.2) is 23.0 Å². The number of hydrogen-bond donors (Lipinski definition) is 9. The molecule has 3 heterocycles. The van der Waals surface area contributed by atoms with Gasteiger partial charge in [-0.15, -0.1) is 0 Å². The number of aromatic hydroxyl groups is 4. The molecule has 3 aliphatic rings. The van der Waals surface area contributed by atoms with Crippen LogP contribution in [0.1, 0.15) is 72.7 Å². The lowest BCUT2D eigenvalue weighted by Crippen LogP contribution is -2.48. The number of anilines is 1. The monoisotopic (exact) mass is 842 g/mol. The van der Waals surface area contributed by atoms with Crippen molar-refractivity contribution in [3.63, 3.8) is 0 Å². The van der Waals surface area contributed by atoms with Gasteiger partial charge in [-0.2, -0.15) is 0 Å². The summed E-state index contributed by atoms with van der Waals surface area (Å²) in [4.78, 5) is 19.4. The van der Waals surface area contributed by atoms with Crippen molar-refractivity contribution in [1.29, 1.82) is 0 Å². The second kappa shape index (κ2) is 18.1. The van der Waals surface area contributed by atoms with Crippen LogP contribution in [-0.4, -0.2) is 76.8 Å². The number of hydrogen-bond acceptors (Lipinski definition) is 11. The van der Waals surface area contributed by atoms with Crippen LogP contribution < -0.4 is 25.4 Å². The van der Waals surface area contributed by atoms with Crippen molar-refractivity contribution in [2.45, 2.75) is 69.3 Å². The van der Waals surface area contributed by atoms with Gasteiger partial charge in [0.05, 0.1) is 26.2 Å². The second-order valence-electron chi connectivity index (χ2n) is 17.2. The molecule has 12 heteroatoms. The summed E-state index contributed by atoms with van der Waals surface area (Å²) in [6.45, 7) is 1.05. The average molecular weight is 843 g/mol. The minimum atomic E-state index is -1.05. The Kier molecular flexibility index (Phi) is 12.4. The van der Waals surface area contributed by atoms with Gasteiger partial charge in [0, 0.05) is 42.5 Å². The Morgan fingerprint density at radius 1 is 0.952 bits per heavy atom. The number of aliphatic hydroxyl groups is 1. The Bertz CT molecular complexity index is 2480. The molecule has 62 heavy (non-hydrogen) atoms. The van der Waals surface area contributed by atoms with Crippen molar-refractivity contribution >= 4 is 22.2 Å². The molecule has 8 rings (SSSR count). The van der Waals surface area contributed by atoms with E-state index in [2.05, 4.69) is 39.2 Å². The van der Waals surface area contributed by atoms with Crippen LogP contribution in [0.15, 0.2) is 103 Å². The lowest BCUT2D eigenvalue weighted by atomic mass is 9.58. The van der Waals surface area contributed by atoms with E-state index in [0.717, 1.165) is 57.5 Å². The zero-order valence-corrected chi connectivity index (χ0v) is 35.6. The highest BCUT2D eigenvalue weighted by molar-refractivity contribution is 5.92. The van der Waals surface area contributed by atoms with Crippen molar-refractivity contribution in [3.8, 4) is 34.5 Å². The number of Topliss-reactive ketones (excluding diaryl/α,β-unsaturated/α-hetero) is 1. The Morgan fingerprint density at radius 2 is 1.79 bits per heavy atom. The number of nitrogens with one attached hydrogen (secondary N) is 4. The van der Waals surface area contributed by atoms with Crippen molar-refractivity contribution in [1.82, 2.24) is 15.6 Å². The Labute approximate surface area is 362 Å². The van der Waals surface area contributed by atoms with E-state index in [-0.39, 0.29) is 59.2 Å². The quantitative estimate of drug-likeness (QED) is 0.0589. The third-order valence-corrected chi connectivity index (χ3v) is 13.7. The van der Waals surface area contributed by atoms with Crippen LogP contribution in [0.3, 0.4) is 0 Å². The lowest BCUT2D eigenvalue weighted by Gasteiger charge is -2.46. The number of H-pyrrole nitrogens is 1. The van der Waals surface area contributed by atoms with Crippen molar-refractivity contribution in [2.75, 3.05) is 39.7 Å². The average Bonchev–Trinajstić information content (AvgIpc) is 3.94. The summed E-state index contributed by atoms with van der Waals surface area (Å²) >= 11 is 0. The molecule has 1 aliphatic carbocycles. The Morgan fingerprint density at radius 3 is 2.56 bits per heavy atom. The maximum absolute atomic E-state index is 15.9. The molecule has 0 amide bonds. The van der Waals surface area contributed by atoms with Crippen LogP contribution in [0.4, 0.5) is 5.69 Å². The van der Waals surface area contributed by atoms with Gasteiger partial charge in [-0.3, -0.25) is 4.79 Å². The first-order valence-electron chi connectivity index (χ1n) is 21.6. The van der Waals surface area contributed by atoms with Gasteiger partial charge >= 0.3 is 0 Å². The molecule has 5 aromatic rings. The van der Waals surface area contributed by atoms with E-state index >= 15 is 4.79 Å². The number of aromatic amines is 1. The number of rotatable bonds is 11. The molecule has 0 radical (unpaired) electrons. The van der Waals surface area contributed by atoms with Crippen LogP contribution in [0.5, 0.6) is 34.5 Å². The number of aromatic nitrogens is 1. The number of ether oxygens (including phenoxy) is 2. The molecule has 6 atom stereocenters. The van der Waals surface area contributed by atoms with Gasteiger partial charge in [0.25, 0.3) is 0 Å². The molecule has 1 fully saturated rings. The minimum Gasteiger partial charge on any atom is -0.508 e. The Balaban J connectivity index is 1.33. The fraction of sp³-hybridized carbons (Fsp3) is 0.380. The summed E-state index contributed by atoms with van der Waals surface area (Å²) in [6.07, 6.45) is 9.53. The number of carbonyl (C=O) groups excluding carboxylic acids is 1. The molecular weight excluding hydrogens is 785 g/mol. The van der Waals surface area contributed by atoms with Gasteiger partial charge < -0.3 is 55.9 Å². The molecule has 12 nitrogen and oxygen atoms in total. The first kappa shape index (κ1) is 42.6. The Hall–Kier alpha value is -6.11. The molecule has 1 spiro atoms. The van der Waals surface area contributed by atoms with E-state index in [1.807, 2.05) is 43.6 Å². The van der Waals surface area contributed by atoms with E-state index < -0.39 is 23.4 Å². The second-order valence-corrected chi connectivity index (χ2v) is 17.2. The topological polar surface area (TPSA) is 189 Å². The number of aliphatic hydroxyl groups excluding tert-OH is 1. The summed E-state index contributed by atoms with van der Waals surface area (Å²) in [5.41, 5.74) is 4.69. The summed E-state index contributed by atoms with van der Waals surface area (Å²) in [7, 11) is 4.83. The number of phenols is 4. The molecule has 2 aliphatic heterocycles. The molecule has 4 aromatic carbocycles. The van der Waals surface area contributed by atoms with Crippen molar-refractivity contribution in [3.05, 3.63) is 125 Å². The smallest absolute Gasteiger partial charge is 0.200 e. The third-order valence-electron chi connectivity index (χ3n) is 13.7. The van der Waals surface area contributed by atoms with Gasteiger partial charge in [-0.1, -0.05) is 30.7 Å². The molecular formula is C50H58N4O8. The number of carbonyl (C=O) groups is 1. The lowest BCUT2D eigenvalue weighted by molar-refractivity contribution is -0.134. The molecule has 0 unspecified atom stereocenters. The zero-order chi connectivity index (χ0) is 43.5. The maximum Gasteiger partial charge on any atom is 0.200 e. The predicted octanol–water partition coefficient (Wildman–Crippen LogP) is 7.88. The summed E-state index contributed by atoms with van der Waals surface area (Å²) in [5.74, 6) is -0.918. The number of fused-ring (bicyclic) bond motifs is 5. The third kappa shape index (κ3) is 8.29. The first-order chi connectivity index (χ1) is 30.0. The number of dihydropyridines is 1. The highest BCUT2D eigenvalue weighted by Gasteiger charge is 2.55. The van der Waals surface area contributed by atoms with E-state index in [1.54, 1.807) is 30.3 Å². The van der Waals surface area contributed by atoms with Gasteiger partial charge in [-0.05, 0) is 157 Å². The molecule has 9 N–H and O–H groups in total. The number of phenolic OH excluding ortho intramolecular Hbond substituents is 4. The first-order valence-corrected chi connectivity index (χ1v) is 21.6. The van der Waals surface area contributed by atoms with Crippen LogP contribution >= 0.6 is 0 Å². The summed E-state index contributed by atoms with van der Waals surface area (Å²) in [5, 5.41) is 68.2. The molecule has 1 aromatic heterocycles. The minimum absolute atomic E-state index is 0.00250. The van der Waals surface area contributed by atoms with Gasteiger partial charge in [0.1, 0.15) is 17.4 Å². The number of likely N-dealkylation sites (N-methyl/N-ethyl adjacent to an activating group) is 1. The van der Waals surface area contributed by atoms with Gasteiger partial charge in [-0.25, -0.2) is 0 Å². The fourth-order valence-electron chi connectivity index (χ4n) is 10.9. The van der Waals surface area contributed by atoms with Crippen molar-refractivity contribution < 1.29 is 39.8 Å². The molecule has 1 saturated carbocycles. The number of benzene rings is 4. The SMILES string of the molecule is CNC[C@@H]1C[C@H](c2cc(O)c(O)c(OC)c2)CC(=O)[C@H]([C@H](O)CCc2ccc(O)c(OC)c2)[C@]2(CCC[C@H]2Cc2ccc[nH]2)C2=CCNC(=C2)Nc2ccc3cc(O)ccc3c21. The molecule has 0 saturated heterocycles. The highest BCUT2D eigenvalue weighted by atomic mass is 16.5. The van der Waals surface area contributed by atoms with Crippen LogP contribution in [0, 0.1) is 17.3 Å². The zero-order valence-electron chi connectivity index (χ0n) is 35.6. The largest absolute Gasteiger partial charge is 0.508 e. The van der Waals surface area contributed by atoms with Gasteiger partial charge in [0.2, 0.25) is 5.75 Å². The number of ketones is 1. The van der Waals surface area contributed by atoms with Crippen LogP contribution in [-0.2, 0) is 17.6 Å². The number of methoxy groups -OCH3 is 2. The van der Waals surface area contributed by atoms with E-state index in [9.17, 15) is 25.5 Å². The van der Waals surface area contributed by atoms with E-state index in [4.69, 9.17) is 9.47 Å². The molecule has 326 valence electrons. The number of aryl methyl sites for hydroxylation is 1.